The van der Waals surface area contributed by atoms with Crippen molar-refractivity contribution in [1.29, 1.82) is 0 Å². The molecule has 2 aromatic rings. The number of benzene rings is 2. The van der Waals surface area contributed by atoms with Gasteiger partial charge in [0, 0.05) is 5.56 Å². The van der Waals surface area contributed by atoms with Crippen LogP contribution in [0.2, 0.25) is 0 Å². The number of ether oxygens (including phenoxy) is 4. The van der Waals surface area contributed by atoms with Crippen LogP contribution >= 0.6 is 0 Å². The number of anilines is 1. The number of nitrogens with one attached hydrogen (secondary N) is 1. The smallest absolute Gasteiger partial charge is 0.344 e. The first kappa shape index (κ1) is 20.8. The van der Waals surface area contributed by atoms with Crippen molar-refractivity contribution < 1.29 is 33.3 Å². The number of rotatable bonds is 10. The summed E-state index contributed by atoms with van der Waals surface area (Å²) >= 11 is 0. The molecule has 0 aliphatic carbocycles. The van der Waals surface area contributed by atoms with Crippen molar-refractivity contribution in [2.75, 3.05) is 32.2 Å². The van der Waals surface area contributed by atoms with Crippen LogP contribution in [0.4, 0.5) is 5.69 Å². The molecule has 0 aliphatic rings. The Morgan fingerprint density at radius 3 is 2.50 bits per heavy atom. The van der Waals surface area contributed by atoms with Crippen molar-refractivity contribution in [3.8, 4) is 17.2 Å². The molecule has 8 heteroatoms. The third kappa shape index (κ3) is 6.01. The molecule has 148 valence electrons. The molecule has 1 N–H and O–H groups in total. The van der Waals surface area contributed by atoms with Gasteiger partial charge >= 0.3 is 5.97 Å². The number of carbonyl (C=O) groups is 3. The second-order valence-electron chi connectivity index (χ2n) is 5.45. The molecule has 0 aliphatic heterocycles. The summed E-state index contributed by atoms with van der Waals surface area (Å²) in [7, 11) is 1.42. The van der Waals surface area contributed by atoms with E-state index in [1.807, 2.05) is 6.92 Å². The molecule has 0 spiro atoms. The van der Waals surface area contributed by atoms with Crippen molar-refractivity contribution in [2.24, 2.45) is 0 Å². The first-order valence-electron chi connectivity index (χ1n) is 8.50. The zero-order chi connectivity index (χ0) is 20.4. The largest absolute Gasteiger partial charge is 0.493 e. The standard InChI is InChI=1S/C20H21NO7/c1-3-26-16-7-5-4-6-15(16)21-19(23)12-28-20(24)13-27-17-9-8-14(11-22)10-18(17)25-2/h4-11H,3,12-13H2,1-2H3,(H,21,23). The molecule has 0 saturated carbocycles. The minimum atomic E-state index is -0.727. The Labute approximate surface area is 162 Å². The van der Waals surface area contributed by atoms with Crippen LogP contribution in [0, 0.1) is 0 Å². The number of esters is 1. The Morgan fingerprint density at radius 1 is 1.00 bits per heavy atom. The fourth-order valence-corrected chi connectivity index (χ4v) is 2.24. The van der Waals surface area contributed by atoms with Gasteiger partial charge < -0.3 is 24.3 Å². The molecule has 0 radical (unpaired) electrons. The zero-order valence-electron chi connectivity index (χ0n) is 15.6. The molecule has 0 heterocycles. The molecule has 2 rings (SSSR count). The second kappa shape index (κ2) is 10.6. The van der Waals surface area contributed by atoms with Gasteiger partial charge in [-0.1, -0.05) is 12.1 Å². The maximum atomic E-state index is 12.0. The molecule has 0 fully saturated rings. The van der Waals surface area contributed by atoms with Crippen LogP contribution in [0.15, 0.2) is 42.5 Å². The van der Waals surface area contributed by atoms with Crippen LogP contribution in [0.25, 0.3) is 0 Å². The maximum Gasteiger partial charge on any atom is 0.344 e. The van der Waals surface area contributed by atoms with Crippen LogP contribution < -0.4 is 19.5 Å². The third-order valence-corrected chi connectivity index (χ3v) is 3.49. The average Bonchev–Trinajstić information content (AvgIpc) is 2.72. The topological polar surface area (TPSA) is 100 Å². The minimum absolute atomic E-state index is 0.278. The molecule has 0 atom stereocenters. The molecule has 0 saturated heterocycles. The van der Waals surface area contributed by atoms with E-state index in [0.29, 0.717) is 35.6 Å². The molecule has 8 nitrogen and oxygen atoms in total. The Kier molecular flexibility index (Phi) is 7.83. The van der Waals surface area contributed by atoms with Gasteiger partial charge in [-0.2, -0.15) is 0 Å². The molecule has 0 unspecified atom stereocenters. The molecule has 1 amide bonds. The number of hydrogen-bond acceptors (Lipinski definition) is 7. The van der Waals surface area contributed by atoms with Crippen LogP contribution in [0.3, 0.4) is 0 Å². The zero-order valence-corrected chi connectivity index (χ0v) is 15.6. The van der Waals surface area contributed by atoms with Gasteiger partial charge in [0.05, 0.1) is 19.4 Å². The van der Waals surface area contributed by atoms with Crippen molar-refractivity contribution in [3.05, 3.63) is 48.0 Å². The number of aldehydes is 1. The Hall–Kier alpha value is -3.55. The number of carbonyl (C=O) groups excluding carboxylic acids is 3. The Morgan fingerprint density at radius 2 is 1.79 bits per heavy atom. The fraction of sp³-hybridized carbons (Fsp3) is 0.250. The average molecular weight is 387 g/mol. The number of methoxy groups -OCH3 is 1. The Balaban J connectivity index is 1.83. The molecule has 2 aromatic carbocycles. The van der Waals surface area contributed by atoms with Crippen LogP contribution in [-0.2, 0) is 14.3 Å². The van der Waals surface area contributed by atoms with Crippen LogP contribution in [-0.4, -0.2) is 45.1 Å². The van der Waals surface area contributed by atoms with Crippen molar-refractivity contribution in [3.63, 3.8) is 0 Å². The van der Waals surface area contributed by atoms with E-state index in [1.165, 1.54) is 25.3 Å². The van der Waals surface area contributed by atoms with E-state index in [4.69, 9.17) is 18.9 Å². The fourth-order valence-electron chi connectivity index (χ4n) is 2.24. The number of para-hydroxylation sites is 2. The van der Waals surface area contributed by atoms with E-state index in [-0.39, 0.29) is 5.75 Å². The summed E-state index contributed by atoms with van der Waals surface area (Å²) in [6.07, 6.45) is 0.670. The van der Waals surface area contributed by atoms with E-state index in [1.54, 1.807) is 24.3 Å². The van der Waals surface area contributed by atoms with E-state index < -0.39 is 25.1 Å². The molecule has 28 heavy (non-hydrogen) atoms. The third-order valence-electron chi connectivity index (χ3n) is 3.49. The first-order valence-corrected chi connectivity index (χ1v) is 8.50. The van der Waals surface area contributed by atoms with Gasteiger partial charge in [0.2, 0.25) is 0 Å². The lowest BCUT2D eigenvalue weighted by molar-refractivity contribution is -0.149. The van der Waals surface area contributed by atoms with Gasteiger partial charge in [-0.15, -0.1) is 0 Å². The summed E-state index contributed by atoms with van der Waals surface area (Å²) in [6, 6.07) is 11.5. The van der Waals surface area contributed by atoms with E-state index in [0.717, 1.165) is 0 Å². The van der Waals surface area contributed by atoms with E-state index >= 15 is 0 Å². The molecular weight excluding hydrogens is 366 g/mol. The summed E-state index contributed by atoms with van der Waals surface area (Å²) in [5.74, 6) is -0.120. The minimum Gasteiger partial charge on any atom is -0.493 e. The monoisotopic (exact) mass is 387 g/mol. The number of amides is 1. The van der Waals surface area contributed by atoms with Crippen LogP contribution in [0.1, 0.15) is 17.3 Å². The van der Waals surface area contributed by atoms with Gasteiger partial charge in [-0.25, -0.2) is 4.79 Å². The SMILES string of the molecule is CCOc1ccccc1NC(=O)COC(=O)COc1ccc(C=O)cc1OC. The molecular formula is C20H21NO7. The van der Waals surface area contributed by atoms with Crippen LogP contribution in [0.5, 0.6) is 17.2 Å². The van der Waals surface area contributed by atoms with Gasteiger partial charge in [-0.3, -0.25) is 9.59 Å². The Bertz CT molecular complexity index is 835. The lowest BCUT2D eigenvalue weighted by atomic mass is 10.2. The summed E-state index contributed by atoms with van der Waals surface area (Å²) in [5, 5.41) is 2.62. The van der Waals surface area contributed by atoms with Gasteiger partial charge in [0.15, 0.2) is 24.7 Å². The number of hydrogen-bond donors (Lipinski definition) is 1. The lowest BCUT2D eigenvalue weighted by Gasteiger charge is -2.12. The van der Waals surface area contributed by atoms with Gasteiger partial charge in [0.1, 0.15) is 12.0 Å². The van der Waals surface area contributed by atoms with Gasteiger partial charge in [-0.05, 0) is 37.3 Å². The predicted octanol–water partition coefficient (Wildman–Crippen LogP) is 2.47. The van der Waals surface area contributed by atoms with E-state index in [9.17, 15) is 14.4 Å². The van der Waals surface area contributed by atoms with Crippen molar-refractivity contribution >= 4 is 23.9 Å². The van der Waals surface area contributed by atoms with Gasteiger partial charge in [0.25, 0.3) is 5.91 Å². The molecule has 0 bridgehead atoms. The normalized spacial score (nSPS) is 9.93. The quantitative estimate of drug-likeness (QED) is 0.494. The predicted molar refractivity (Wildman–Crippen MR) is 101 cm³/mol. The molecule has 0 aromatic heterocycles. The highest BCUT2D eigenvalue weighted by Gasteiger charge is 2.13. The highest BCUT2D eigenvalue weighted by Crippen LogP contribution is 2.27. The van der Waals surface area contributed by atoms with Crippen molar-refractivity contribution in [2.45, 2.75) is 6.92 Å². The maximum absolute atomic E-state index is 12.0. The van der Waals surface area contributed by atoms with Crippen molar-refractivity contribution in [1.82, 2.24) is 0 Å². The highest BCUT2D eigenvalue weighted by molar-refractivity contribution is 5.94. The summed E-state index contributed by atoms with van der Waals surface area (Å²) < 4.78 is 20.7. The summed E-state index contributed by atoms with van der Waals surface area (Å²) in [4.78, 5) is 34.6. The summed E-state index contributed by atoms with van der Waals surface area (Å²) in [6.45, 7) is 1.40. The summed E-state index contributed by atoms with van der Waals surface area (Å²) in [5.41, 5.74) is 0.900. The van der Waals surface area contributed by atoms with E-state index in [2.05, 4.69) is 5.32 Å². The lowest BCUT2D eigenvalue weighted by Crippen LogP contribution is -2.24. The first-order chi connectivity index (χ1) is 13.6. The highest BCUT2D eigenvalue weighted by atomic mass is 16.6. The second-order valence-corrected chi connectivity index (χ2v) is 5.45.